The first kappa shape index (κ1) is 19.1. The van der Waals surface area contributed by atoms with E-state index in [4.69, 9.17) is 0 Å². The molecule has 0 aromatic carbocycles. The molecule has 5 nitrogen and oxygen atoms in total. The summed E-state index contributed by atoms with van der Waals surface area (Å²) in [7, 11) is 0. The summed E-state index contributed by atoms with van der Waals surface area (Å²) < 4.78 is 1.73. The van der Waals surface area contributed by atoms with Gasteiger partial charge in [0.05, 0.1) is 12.0 Å². The lowest BCUT2D eigenvalue weighted by atomic mass is 9.92. The van der Waals surface area contributed by atoms with E-state index in [1.807, 2.05) is 4.90 Å². The van der Waals surface area contributed by atoms with Gasteiger partial charge in [-0.15, -0.1) is 0 Å². The number of hydrogen-bond acceptors (Lipinski definition) is 3. The molecule has 0 N–H and O–H groups in total. The van der Waals surface area contributed by atoms with Gasteiger partial charge in [0.1, 0.15) is 0 Å². The van der Waals surface area contributed by atoms with Crippen LogP contribution in [-0.2, 0) is 16.8 Å². The van der Waals surface area contributed by atoms with Crippen LogP contribution < -0.4 is 5.56 Å². The van der Waals surface area contributed by atoms with Crippen LogP contribution in [0.4, 0.5) is 0 Å². The highest BCUT2D eigenvalue weighted by molar-refractivity contribution is 5.76. The molecule has 1 aromatic rings. The van der Waals surface area contributed by atoms with Crippen LogP contribution in [0, 0.1) is 11.8 Å². The monoisotopic (exact) mass is 359 g/mol. The van der Waals surface area contributed by atoms with Crippen molar-refractivity contribution in [2.24, 2.45) is 11.8 Å². The van der Waals surface area contributed by atoms with Crippen LogP contribution in [0.2, 0.25) is 0 Å². The van der Waals surface area contributed by atoms with E-state index in [2.05, 4.69) is 25.8 Å². The fraction of sp³-hybridized carbons (Fsp3) is 0.762. The van der Waals surface area contributed by atoms with Gasteiger partial charge < -0.3 is 4.90 Å². The molecule has 2 fully saturated rings. The molecule has 1 saturated heterocycles. The number of hydrogen-bond donors (Lipinski definition) is 0. The summed E-state index contributed by atoms with van der Waals surface area (Å²) in [6, 6.07) is 1.67. The number of amides is 1. The maximum Gasteiger partial charge on any atom is 0.253 e. The molecule has 1 aliphatic carbocycles. The van der Waals surface area contributed by atoms with Gasteiger partial charge in [0.2, 0.25) is 5.91 Å². The smallest absolute Gasteiger partial charge is 0.253 e. The average molecular weight is 360 g/mol. The lowest BCUT2D eigenvalue weighted by molar-refractivity contribution is -0.133. The zero-order valence-electron chi connectivity index (χ0n) is 16.5. The Morgan fingerprint density at radius 2 is 1.77 bits per heavy atom. The Morgan fingerprint density at radius 1 is 1.12 bits per heavy atom. The van der Waals surface area contributed by atoms with Crippen molar-refractivity contribution in [1.82, 2.24) is 14.5 Å². The van der Waals surface area contributed by atoms with E-state index in [-0.39, 0.29) is 11.0 Å². The van der Waals surface area contributed by atoms with Gasteiger partial charge in [-0.2, -0.15) is 0 Å². The Morgan fingerprint density at radius 3 is 2.35 bits per heavy atom. The second-order valence-electron chi connectivity index (χ2n) is 9.19. The minimum absolute atomic E-state index is 0.0321. The normalized spacial score (nSPS) is 19.9. The Balaban J connectivity index is 1.51. The predicted molar refractivity (Wildman–Crippen MR) is 103 cm³/mol. The number of carbonyl (C=O) groups excluding carboxylic acids is 1. The summed E-state index contributed by atoms with van der Waals surface area (Å²) in [4.78, 5) is 31.4. The number of carbonyl (C=O) groups is 1. The molecule has 0 unspecified atom stereocenters. The summed E-state index contributed by atoms with van der Waals surface area (Å²) in [5.74, 6) is 1.40. The van der Waals surface area contributed by atoms with E-state index in [0.29, 0.717) is 24.3 Å². The molecule has 1 saturated carbocycles. The van der Waals surface area contributed by atoms with Gasteiger partial charge in [-0.25, -0.2) is 4.98 Å². The summed E-state index contributed by atoms with van der Waals surface area (Å²) in [5.41, 5.74) is 0.763. The second kappa shape index (κ2) is 7.93. The fourth-order valence-electron chi connectivity index (χ4n) is 4.21. The standard InChI is InChI=1S/C21H33N3O2/c1-21(2,3)18-13-20(26)24(15-22-18)14-17-8-10-23(11-9-17)19(25)12-16-6-4-5-7-16/h13,15-17H,4-12,14H2,1-3H3. The van der Waals surface area contributed by atoms with Crippen molar-refractivity contribution in [3.63, 3.8) is 0 Å². The van der Waals surface area contributed by atoms with Crippen molar-refractivity contribution in [3.8, 4) is 0 Å². The first-order valence-electron chi connectivity index (χ1n) is 10.2. The predicted octanol–water partition coefficient (Wildman–Crippen LogP) is 3.36. The molecule has 1 amide bonds. The minimum atomic E-state index is -0.108. The summed E-state index contributed by atoms with van der Waals surface area (Å²) in [6.07, 6.45) is 9.41. The highest BCUT2D eigenvalue weighted by Gasteiger charge is 2.26. The topological polar surface area (TPSA) is 55.2 Å². The van der Waals surface area contributed by atoms with Crippen LogP contribution in [0.5, 0.6) is 0 Å². The molecule has 1 aromatic heterocycles. The molecule has 0 bridgehead atoms. The van der Waals surface area contributed by atoms with Crippen molar-refractivity contribution in [2.75, 3.05) is 13.1 Å². The third kappa shape index (κ3) is 4.74. The second-order valence-corrected chi connectivity index (χ2v) is 9.19. The van der Waals surface area contributed by atoms with Crippen molar-refractivity contribution >= 4 is 5.91 Å². The van der Waals surface area contributed by atoms with E-state index >= 15 is 0 Å². The molecule has 26 heavy (non-hydrogen) atoms. The molecule has 0 spiro atoms. The largest absolute Gasteiger partial charge is 0.343 e. The van der Waals surface area contributed by atoms with Gasteiger partial charge in [-0.1, -0.05) is 33.6 Å². The van der Waals surface area contributed by atoms with Gasteiger partial charge >= 0.3 is 0 Å². The number of aromatic nitrogens is 2. The van der Waals surface area contributed by atoms with Gasteiger partial charge in [-0.3, -0.25) is 14.2 Å². The molecule has 0 radical (unpaired) electrons. The van der Waals surface area contributed by atoms with Crippen molar-refractivity contribution in [3.05, 3.63) is 28.4 Å². The maximum absolute atomic E-state index is 12.5. The van der Waals surface area contributed by atoms with E-state index in [9.17, 15) is 9.59 Å². The number of likely N-dealkylation sites (tertiary alicyclic amines) is 1. The van der Waals surface area contributed by atoms with Crippen LogP contribution in [-0.4, -0.2) is 33.4 Å². The van der Waals surface area contributed by atoms with E-state index in [1.165, 1.54) is 25.7 Å². The number of piperidine rings is 1. The first-order valence-corrected chi connectivity index (χ1v) is 10.2. The Kier molecular flexibility index (Phi) is 5.83. The summed E-state index contributed by atoms with van der Waals surface area (Å²) in [6.45, 7) is 8.57. The van der Waals surface area contributed by atoms with Crippen molar-refractivity contribution in [2.45, 2.75) is 77.7 Å². The maximum atomic E-state index is 12.5. The summed E-state index contributed by atoms with van der Waals surface area (Å²) in [5, 5.41) is 0. The van der Waals surface area contributed by atoms with Gasteiger partial charge in [-0.05, 0) is 37.5 Å². The first-order chi connectivity index (χ1) is 12.3. The SMILES string of the molecule is CC(C)(C)c1cc(=O)n(CC2CCN(C(=O)CC3CCCC3)CC2)cn1. The number of nitrogens with zero attached hydrogens (tertiary/aromatic N) is 3. The highest BCUT2D eigenvalue weighted by atomic mass is 16.2. The third-order valence-corrected chi connectivity index (χ3v) is 6.01. The van der Waals surface area contributed by atoms with E-state index in [1.54, 1.807) is 17.0 Å². The molecule has 0 atom stereocenters. The van der Waals surface area contributed by atoms with Crippen molar-refractivity contribution < 1.29 is 4.79 Å². The number of rotatable bonds is 4. The molecule has 2 aliphatic rings. The lowest BCUT2D eigenvalue weighted by Gasteiger charge is -2.33. The van der Waals surface area contributed by atoms with Crippen LogP contribution >= 0.6 is 0 Å². The van der Waals surface area contributed by atoms with Gasteiger partial charge in [0.15, 0.2) is 0 Å². The van der Waals surface area contributed by atoms with Gasteiger partial charge in [0.25, 0.3) is 5.56 Å². The van der Waals surface area contributed by atoms with Crippen LogP contribution in [0.25, 0.3) is 0 Å². The van der Waals surface area contributed by atoms with E-state index < -0.39 is 0 Å². The Labute approximate surface area is 156 Å². The van der Waals surface area contributed by atoms with Crippen LogP contribution in [0.1, 0.15) is 71.4 Å². The Bertz CT molecular complexity index is 675. The molecule has 144 valence electrons. The van der Waals surface area contributed by atoms with Crippen LogP contribution in [0.15, 0.2) is 17.2 Å². The van der Waals surface area contributed by atoms with E-state index in [0.717, 1.165) is 38.0 Å². The van der Waals surface area contributed by atoms with Crippen molar-refractivity contribution in [1.29, 1.82) is 0 Å². The highest BCUT2D eigenvalue weighted by Crippen LogP contribution is 2.29. The molecular weight excluding hydrogens is 326 g/mol. The zero-order valence-corrected chi connectivity index (χ0v) is 16.5. The molecule has 3 rings (SSSR count). The zero-order chi connectivity index (χ0) is 18.7. The third-order valence-electron chi connectivity index (χ3n) is 6.01. The molecule has 1 aliphatic heterocycles. The van der Waals surface area contributed by atoms with Crippen LogP contribution in [0.3, 0.4) is 0 Å². The average Bonchev–Trinajstić information content (AvgIpc) is 3.09. The molecule has 2 heterocycles. The Hall–Kier alpha value is -1.65. The summed E-state index contributed by atoms with van der Waals surface area (Å²) >= 11 is 0. The fourth-order valence-corrected chi connectivity index (χ4v) is 4.21. The molecular formula is C21H33N3O2. The van der Waals surface area contributed by atoms with Gasteiger partial charge in [0, 0.05) is 37.5 Å². The lowest BCUT2D eigenvalue weighted by Crippen LogP contribution is -2.40. The molecule has 5 heteroatoms. The quantitative estimate of drug-likeness (QED) is 0.828. The minimum Gasteiger partial charge on any atom is -0.343 e.